The minimum atomic E-state index is -2.00. The van der Waals surface area contributed by atoms with Crippen LogP contribution in [0.15, 0.2) is 42.5 Å². The van der Waals surface area contributed by atoms with Crippen LogP contribution >= 0.6 is 0 Å². The summed E-state index contributed by atoms with van der Waals surface area (Å²) in [5, 5.41) is 0. The first-order valence-corrected chi connectivity index (χ1v) is 8.30. The summed E-state index contributed by atoms with van der Waals surface area (Å²) < 4.78 is 32.8. The quantitative estimate of drug-likeness (QED) is 0.822. The Kier molecular flexibility index (Phi) is 4.80. The zero-order valence-electron chi connectivity index (χ0n) is 12.7. The van der Waals surface area contributed by atoms with Crippen LogP contribution in [0.4, 0.5) is 11.4 Å². The lowest BCUT2D eigenvalue weighted by atomic mass is 10.1. The van der Waals surface area contributed by atoms with Gasteiger partial charge >= 0.3 is 0 Å². The molecule has 0 fully saturated rings. The lowest BCUT2D eigenvalue weighted by molar-refractivity contribution is 0.311. The van der Waals surface area contributed by atoms with Gasteiger partial charge in [-0.3, -0.25) is 4.55 Å². The fourth-order valence-electron chi connectivity index (χ4n) is 2.53. The summed E-state index contributed by atoms with van der Waals surface area (Å²) in [5.41, 5.74) is 2.99. The molecule has 6 nitrogen and oxygen atoms in total. The lowest BCUT2D eigenvalue weighted by Crippen LogP contribution is -2.28. The maximum Gasteiger partial charge on any atom is 0.232 e. The number of ether oxygens (including phenoxy) is 2. The Morgan fingerprint density at radius 3 is 2.78 bits per heavy atom. The molecule has 0 spiro atoms. The standard InChI is InChI=1S/C16H18N2O4S/c1-21-14-6-7-15-16(10-14)22-9-8-18(15)13-4-2-12(3-5-13)11-17-23(19)20/h2-7,10,17H,8-9,11H2,1H3,(H,19,20). The van der Waals surface area contributed by atoms with Crippen LogP contribution in [0.1, 0.15) is 5.56 Å². The summed E-state index contributed by atoms with van der Waals surface area (Å²) in [5.74, 6) is 1.57. The van der Waals surface area contributed by atoms with E-state index in [2.05, 4.69) is 9.62 Å². The van der Waals surface area contributed by atoms with Crippen molar-refractivity contribution in [1.29, 1.82) is 0 Å². The van der Waals surface area contributed by atoms with Gasteiger partial charge in [0.15, 0.2) is 0 Å². The largest absolute Gasteiger partial charge is 0.497 e. The first-order valence-electron chi connectivity index (χ1n) is 7.19. The Morgan fingerprint density at radius 2 is 2.09 bits per heavy atom. The molecule has 7 heteroatoms. The SMILES string of the molecule is COc1ccc2c(c1)OCCN2c1ccc(CNS(=O)O)cc1. The highest BCUT2D eigenvalue weighted by Gasteiger charge is 2.20. The summed E-state index contributed by atoms with van der Waals surface area (Å²) in [6.45, 7) is 1.71. The number of hydrogen-bond donors (Lipinski definition) is 2. The smallest absolute Gasteiger partial charge is 0.232 e. The van der Waals surface area contributed by atoms with Crippen molar-refractivity contribution in [3.8, 4) is 11.5 Å². The van der Waals surface area contributed by atoms with Crippen molar-refractivity contribution in [2.75, 3.05) is 25.2 Å². The van der Waals surface area contributed by atoms with Gasteiger partial charge in [-0.15, -0.1) is 0 Å². The van der Waals surface area contributed by atoms with E-state index >= 15 is 0 Å². The maximum absolute atomic E-state index is 10.6. The zero-order valence-corrected chi connectivity index (χ0v) is 13.5. The van der Waals surface area contributed by atoms with Gasteiger partial charge in [0.25, 0.3) is 0 Å². The van der Waals surface area contributed by atoms with Crippen molar-refractivity contribution in [2.45, 2.75) is 6.54 Å². The maximum atomic E-state index is 10.6. The van der Waals surface area contributed by atoms with Gasteiger partial charge in [-0.05, 0) is 29.8 Å². The predicted molar refractivity (Wildman–Crippen MR) is 89.5 cm³/mol. The molecule has 2 N–H and O–H groups in total. The second-order valence-corrected chi connectivity index (χ2v) is 5.86. The molecule has 0 amide bonds. The molecule has 0 saturated carbocycles. The average Bonchev–Trinajstić information content (AvgIpc) is 2.59. The van der Waals surface area contributed by atoms with Crippen molar-refractivity contribution in [3.05, 3.63) is 48.0 Å². The van der Waals surface area contributed by atoms with Crippen LogP contribution in [0.25, 0.3) is 0 Å². The molecule has 0 aliphatic carbocycles. The van der Waals surface area contributed by atoms with Crippen molar-refractivity contribution >= 4 is 22.6 Å². The van der Waals surface area contributed by atoms with Gasteiger partial charge in [0.2, 0.25) is 11.3 Å². The normalized spacial score (nSPS) is 14.8. The molecule has 0 radical (unpaired) electrons. The summed E-state index contributed by atoms with van der Waals surface area (Å²) in [6.07, 6.45) is 0. The number of hydrogen-bond acceptors (Lipinski definition) is 4. The third-order valence-corrected chi connectivity index (χ3v) is 4.07. The molecular formula is C16H18N2O4S. The molecule has 23 heavy (non-hydrogen) atoms. The van der Waals surface area contributed by atoms with Gasteiger partial charge in [0.1, 0.15) is 18.1 Å². The van der Waals surface area contributed by atoms with Crippen LogP contribution in [0.2, 0.25) is 0 Å². The number of anilines is 2. The van der Waals surface area contributed by atoms with Crippen LogP contribution in [-0.2, 0) is 17.8 Å². The van der Waals surface area contributed by atoms with Gasteiger partial charge in [0, 0.05) is 18.3 Å². The van der Waals surface area contributed by atoms with E-state index in [0.29, 0.717) is 13.2 Å². The summed E-state index contributed by atoms with van der Waals surface area (Å²) in [6, 6.07) is 13.7. The predicted octanol–water partition coefficient (Wildman–Crippen LogP) is 2.45. The van der Waals surface area contributed by atoms with E-state index in [4.69, 9.17) is 14.0 Å². The topological polar surface area (TPSA) is 71.0 Å². The Balaban J connectivity index is 1.81. The average molecular weight is 334 g/mol. The monoisotopic (exact) mass is 334 g/mol. The van der Waals surface area contributed by atoms with Gasteiger partial charge in [-0.1, -0.05) is 12.1 Å². The fraction of sp³-hybridized carbons (Fsp3) is 0.250. The lowest BCUT2D eigenvalue weighted by Gasteiger charge is -2.31. The van der Waals surface area contributed by atoms with Crippen LogP contribution in [0.3, 0.4) is 0 Å². The highest BCUT2D eigenvalue weighted by molar-refractivity contribution is 7.77. The number of methoxy groups -OCH3 is 1. The highest BCUT2D eigenvalue weighted by atomic mass is 32.2. The molecule has 0 saturated heterocycles. The molecule has 1 aliphatic heterocycles. The van der Waals surface area contributed by atoms with E-state index in [0.717, 1.165) is 35.0 Å². The molecule has 3 rings (SSSR count). The van der Waals surface area contributed by atoms with E-state index in [1.807, 2.05) is 42.5 Å². The molecular weight excluding hydrogens is 316 g/mol. The fourth-order valence-corrected chi connectivity index (χ4v) is 2.82. The third-order valence-electron chi connectivity index (χ3n) is 3.68. The van der Waals surface area contributed by atoms with Gasteiger partial charge in [-0.2, -0.15) is 0 Å². The Hall–Kier alpha value is -2.09. The Bertz CT molecular complexity index is 706. The number of benzene rings is 2. The summed E-state index contributed by atoms with van der Waals surface area (Å²) in [7, 11) is 1.63. The molecule has 0 aromatic heterocycles. The van der Waals surface area contributed by atoms with Gasteiger partial charge in [0.05, 0.1) is 19.3 Å². The number of rotatable bonds is 5. The van der Waals surface area contributed by atoms with Crippen molar-refractivity contribution < 1.29 is 18.2 Å². The van der Waals surface area contributed by atoms with Gasteiger partial charge < -0.3 is 14.4 Å². The van der Waals surface area contributed by atoms with Crippen molar-refractivity contribution in [1.82, 2.24) is 4.72 Å². The van der Waals surface area contributed by atoms with Crippen LogP contribution in [-0.4, -0.2) is 29.0 Å². The third kappa shape index (κ3) is 3.64. The molecule has 1 heterocycles. The molecule has 1 aliphatic rings. The van der Waals surface area contributed by atoms with Gasteiger partial charge in [-0.25, -0.2) is 8.93 Å². The molecule has 2 aromatic rings. The Morgan fingerprint density at radius 1 is 1.30 bits per heavy atom. The Labute approximate surface area is 137 Å². The second kappa shape index (κ2) is 6.99. The van der Waals surface area contributed by atoms with Crippen LogP contribution in [0, 0.1) is 0 Å². The number of fused-ring (bicyclic) bond motifs is 1. The minimum absolute atomic E-state index is 0.348. The number of nitrogens with one attached hydrogen (secondary N) is 1. The first-order chi connectivity index (χ1) is 11.2. The molecule has 0 bridgehead atoms. The molecule has 1 unspecified atom stereocenters. The van der Waals surface area contributed by atoms with E-state index in [1.165, 1.54) is 0 Å². The molecule has 1 atom stereocenters. The van der Waals surface area contributed by atoms with E-state index in [9.17, 15) is 4.21 Å². The van der Waals surface area contributed by atoms with Crippen LogP contribution < -0.4 is 19.1 Å². The van der Waals surface area contributed by atoms with E-state index in [-0.39, 0.29) is 0 Å². The number of nitrogens with zero attached hydrogens (tertiary/aromatic N) is 1. The highest BCUT2D eigenvalue weighted by Crippen LogP contribution is 2.38. The minimum Gasteiger partial charge on any atom is -0.497 e. The zero-order chi connectivity index (χ0) is 16.2. The second-order valence-electron chi connectivity index (χ2n) is 5.07. The molecule has 122 valence electrons. The van der Waals surface area contributed by atoms with Crippen molar-refractivity contribution in [3.63, 3.8) is 0 Å². The first kappa shape index (κ1) is 15.8. The summed E-state index contributed by atoms with van der Waals surface area (Å²) >= 11 is -2.00. The summed E-state index contributed by atoms with van der Waals surface area (Å²) in [4.78, 5) is 2.18. The van der Waals surface area contributed by atoms with Crippen molar-refractivity contribution in [2.24, 2.45) is 0 Å². The van der Waals surface area contributed by atoms with E-state index < -0.39 is 11.3 Å². The van der Waals surface area contributed by atoms with Crippen LogP contribution in [0.5, 0.6) is 11.5 Å². The van der Waals surface area contributed by atoms with E-state index in [1.54, 1.807) is 7.11 Å². The molecule has 2 aromatic carbocycles.